The molecule has 1 aromatic heterocycles. The van der Waals surface area contributed by atoms with Crippen molar-refractivity contribution in [2.75, 3.05) is 25.1 Å². The van der Waals surface area contributed by atoms with E-state index in [0.717, 1.165) is 41.5 Å². The van der Waals surface area contributed by atoms with Gasteiger partial charge in [-0.1, -0.05) is 25.5 Å². The van der Waals surface area contributed by atoms with Gasteiger partial charge in [0.05, 0.1) is 11.6 Å². The third-order valence-electron chi connectivity index (χ3n) is 4.08. The van der Waals surface area contributed by atoms with Gasteiger partial charge in [0, 0.05) is 13.1 Å². The molecule has 0 bridgehead atoms. The minimum absolute atomic E-state index is 0.245. The molecule has 0 atom stereocenters. The molecule has 1 aromatic carbocycles. The van der Waals surface area contributed by atoms with Crippen LogP contribution in [-0.2, 0) is 0 Å². The molecular weight excluding hydrogens is 408 g/mol. The Morgan fingerprint density at radius 2 is 1.96 bits per heavy atom. The number of nitrogens with zero attached hydrogens (tertiary/aromatic N) is 4. The average Bonchev–Trinajstić information content (AvgIpc) is 2.63. The van der Waals surface area contributed by atoms with Crippen molar-refractivity contribution in [2.24, 2.45) is 0 Å². The number of anilines is 1. The molecule has 2 rings (SSSR count). The molecule has 0 aliphatic carbocycles. The second-order valence-corrected chi connectivity index (χ2v) is 7.12. The van der Waals surface area contributed by atoms with E-state index in [9.17, 15) is 0 Å². The first-order valence-electron chi connectivity index (χ1n) is 9.08. The zero-order valence-electron chi connectivity index (χ0n) is 16.7. The Morgan fingerprint density at radius 1 is 1.22 bits per heavy atom. The number of rotatable bonds is 9. The summed E-state index contributed by atoms with van der Waals surface area (Å²) in [6, 6.07) is 4.07. The Morgan fingerprint density at radius 3 is 2.56 bits per heavy atom. The summed E-state index contributed by atoms with van der Waals surface area (Å²) >= 11 is 3.55. The second kappa shape index (κ2) is 9.69. The zero-order valence-corrected chi connectivity index (χ0v) is 18.3. The molecule has 1 heterocycles. The summed E-state index contributed by atoms with van der Waals surface area (Å²) < 4.78 is 12.2. The van der Waals surface area contributed by atoms with E-state index in [4.69, 9.17) is 9.47 Å². The van der Waals surface area contributed by atoms with Crippen LogP contribution in [-0.4, -0.2) is 35.2 Å². The monoisotopic (exact) mass is 434 g/mol. The van der Waals surface area contributed by atoms with E-state index in [2.05, 4.69) is 56.2 Å². The Labute approximate surface area is 169 Å². The number of aromatic nitrogens is 3. The fourth-order valence-corrected chi connectivity index (χ4v) is 3.06. The lowest BCUT2D eigenvalue weighted by Gasteiger charge is -2.21. The largest absolute Gasteiger partial charge is 0.493 e. The lowest BCUT2D eigenvalue weighted by atomic mass is 10.1. The second-order valence-electron chi connectivity index (χ2n) is 6.27. The summed E-state index contributed by atoms with van der Waals surface area (Å²) in [5.74, 6) is 2.34. The minimum Gasteiger partial charge on any atom is -0.493 e. The van der Waals surface area contributed by atoms with Crippen molar-refractivity contribution in [2.45, 2.75) is 40.5 Å². The number of unbranched alkanes of at least 4 members (excludes halogenated alkanes) is 1. The van der Waals surface area contributed by atoms with Crippen LogP contribution in [0, 0.1) is 6.92 Å². The summed E-state index contributed by atoms with van der Waals surface area (Å²) in [6.07, 6.45) is 2.19. The van der Waals surface area contributed by atoms with E-state index < -0.39 is 0 Å². The van der Waals surface area contributed by atoms with E-state index in [-0.39, 0.29) is 6.01 Å². The van der Waals surface area contributed by atoms with Gasteiger partial charge in [-0.25, -0.2) is 0 Å². The van der Waals surface area contributed by atoms with Crippen LogP contribution in [0.2, 0.25) is 0 Å². The molecule has 0 N–H and O–H groups in total. The van der Waals surface area contributed by atoms with Crippen LogP contribution >= 0.6 is 15.9 Å². The van der Waals surface area contributed by atoms with Gasteiger partial charge in [-0.05, 0) is 60.8 Å². The van der Waals surface area contributed by atoms with Gasteiger partial charge in [-0.3, -0.25) is 0 Å². The molecule has 7 heteroatoms. The third kappa shape index (κ3) is 5.42. The predicted molar refractivity (Wildman–Crippen MR) is 113 cm³/mol. The first-order valence-corrected chi connectivity index (χ1v) is 9.87. The summed E-state index contributed by atoms with van der Waals surface area (Å²) in [5.41, 5.74) is 1.91. The number of hydrogen-bond acceptors (Lipinski definition) is 6. The molecule has 0 aliphatic heterocycles. The maximum Gasteiger partial charge on any atom is 0.327 e. The van der Waals surface area contributed by atoms with Crippen molar-refractivity contribution in [3.8, 4) is 17.5 Å². The van der Waals surface area contributed by atoms with E-state index in [1.54, 1.807) is 7.11 Å². The number of methoxy groups -OCH3 is 1. The molecule has 0 saturated heterocycles. The zero-order chi connectivity index (χ0) is 20.0. The number of allylic oxidation sites excluding steroid dienone is 1. The number of hydrogen-bond donors (Lipinski definition) is 0. The Hall–Kier alpha value is -2.15. The molecular formula is C20H27BrN4O2. The Balaban J connectivity index is 2.39. The Kier molecular flexibility index (Phi) is 7.59. The van der Waals surface area contributed by atoms with Crippen LogP contribution < -0.4 is 14.4 Å². The van der Waals surface area contributed by atoms with Gasteiger partial charge < -0.3 is 14.4 Å². The van der Waals surface area contributed by atoms with Crippen molar-refractivity contribution in [1.82, 2.24) is 15.0 Å². The minimum atomic E-state index is 0.245. The number of benzene rings is 1. The van der Waals surface area contributed by atoms with E-state index in [1.165, 1.54) is 0 Å². The van der Waals surface area contributed by atoms with Crippen LogP contribution in [0.5, 0.6) is 17.5 Å². The highest BCUT2D eigenvalue weighted by molar-refractivity contribution is 9.10. The lowest BCUT2D eigenvalue weighted by molar-refractivity contribution is 0.365. The average molecular weight is 435 g/mol. The maximum absolute atomic E-state index is 6.00. The molecule has 6 nitrogen and oxygen atoms in total. The van der Waals surface area contributed by atoms with Gasteiger partial charge in [-0.2, -0.15) is 15.0 Å². The van der Waals surface area contributed by atoms with Crippen LogP contribution in [0.4, 0.5) is 5.95 Å². The third-order valence-corrected chi connectivity index (χ3v) is 4.67. The van der Waals surface area contributed by atoms with Gasteiger partial charge in [-0.15, -0.1) is 0 Å². The van der Waals surface area contributed by atoms with E-state index in [1.807, 2.05) is 26.0 Å². The molecule has 0 fully saturated rings. The van der Waals surface area contributed by atoms with Crippen LogP contribution in [0.3, 0.4) is 0 Å². The topological polar surface area (TPSA) is 60.4 Å². The molecule has 0 unspecified atom stereocenters. The van der Waals surface area contributed by atoms with Gasteiger partial charge in [0.2, 0.25) is 5.95 Å². The van der Waals surface area contributed by atoms with Crippen molar-refractivity contribution >= 4 is 27.5 Å². The maximum atomic E-state index is 6.00. The van der Waals surface area contributed by atoms with E-state index >= 15 is 0 Å². The molecule has 0 aliphatic rings. The molecule has 0 radical (unpaired) electrons. The number of halogens is 1. The van der Waals surface area contributed by atoms with Crippen LogP contribution in [0.1, 0.15) is 45.0 Å². The summed E-state index contributed by atoms with van der Waals surface area (Å²) in [5, 5.41) is 0. The standard InChI is InChI=1S/C20H27BrN4O2/c1-7-9-10-25(8-2)19-22-14(5)23-20(24-19)27-18-16(21)11-15(13(3)4)12-17(18)26-6/h11-12H,3,7-10H2,1-2,4-6H3. The van der Waals surface area contributed by atoms with Crippen molar-refractivity contribution in [3.05, 3.63) is 34.6 Å². The summed E-state index contributed by atoms with van der Waals surface area (Å²) in [4.78, 5) is 15.4. The molecule has 2 aromatic rings. The molecule has 146 valence electrons. The van der Waals surface area contributed by atoms with Crippen molar-refractivity contribution in [1.29, 1.82) is 0 Å². The number of aryl methyl sites for hydroxylation is 1. The van der Waals surface area contributed by atoms with Gasteiger partial charge in [0.25, 0.3) is 0 Å². The number of ether oxygens (including phenoxy) is 2. The highest BCUT2D eigenvalue weighted by Gasteiger charge is 2.17. The summed E-state index contributed by atoms with van der Waals surface area (Å²) in [6.45, 7) is 13.7. The normalized spacial score (nSPS) is 10.6. The predicted octanol–water partition coefficient (Wildman–Crippen LogP) is 5.40. The van der Waals surface area contributed by atoms with Gasteiger partial charge in [0.1, 0.15) is 5.82 Å². The quantitative estimate of drug-likeness (QED) is 0.526. The SMILES string of the molecule is C=C(C)c1cc(Br)c(Oc2nc(C)nc(N(CC)CCCC)n2)c(OC)c1. The van der Waals surface area contributed by atoms with Crippen LogP contribution in [0.25, 0.3) is 5.57 Å². The van der Waals surface area contributed by atoms with Gasteiger partial charge >= 0.3 is 6.01 Å². The smallest absolute Gasteiger partial charge is 0.327 e. The first kappa shape index (κ1) is 21.2. The fourth-order valence-electron chi connectivity index (χ4n) is 2.54. The summed E-state index contributed by atoms with van der Waals surface area (Å²) in [7, 11) is 1.60. The lowest BCUT2D eigenvalue weighted by Crippen LogP contribution is -2.26. The highest BCUT2D eigenvalue weighted by Crippen LogP contribution is 2.40. The molecule has 0 saturated carbocycles. The molecule has 0 spiro atoms. The van der Waals surface area contributed by atoms with Crippen molar-refractivity contribution in [3.63, 3.8) is 0 Å². The molecule has 0 amide bonds. The highest BCUT2D eigenvalue weighted by atomic mass is 79.9. The molecule has 27 heavy (non-hydrogen) atoms. The van der Waals surface area contributed by atoms with Crippen molar-refractivity contribution < 1.29 is 9.47 Å². The Bertz CT molecular complexity index is 811. The van der Waals surface area contributed by atoms with Gasteiger partial charge in [0.15, 0.2) is 11.5 Å². The first-order chi connectivity index (χ1) is 12.9. The van der Waals surface area contributed by atoms with Crippen LogP contribution in [0.15, 0.2) is 23.2 Å². The fraction of sp³-hybridized carbons (Fsp3) is 0.450. The van der Waals surface area contributed by atoms with E-state index in [0.29, 0.717) is 23.3 Å².